The van der Waals surface area contributed by atoms with Gasteiger partial charge in [-0.2, -0.15) is 0 Å². The molecule has 140 valence electrons. The highest BCUT2D eigenvalue weighted by Gasteiger charge is 2.40. The van der Waals surface area contributed by atoms with Gasteiger partial charge >= 0.3 is 5.69 Å². The van der Waals surface area contributed by atoms with Crippen LogP contribution in [0.5, 0.6) is 0 Å². The monoisotopic (exact) mass is 356 g/mol. The van der Waals surface area contributed by atoms with Gasteiger partial charge in [-0.05, 0) is 57.2 Å². The van der Waals surface area contributed by atoms with Gasteiger partial charge in [0.1, 0.15) is 5.65 Å². The number of aromatic amines is 2. The van der Waals surface area contributed by atoms with Crippen molar-refractivity contribution in [3.8, 4) is 0 Å². The van der Waals surface area contributed by atoms with Gasteiger partial charge in [-0.3, -0.25) is 4.57 Å². The molecule has 26 heavy (non-hydrogen) atoms. The smallest absolute Gasteiger partial charge is 0.326 e. The minimum absolute atomic E-state index is 0.0558. The molecule has 1 aliphatic rings. The van der Waals surface area contributed by atoms with Crippen LogP contribution in [0.3, 0.4) is 0 Å². The zero-order valence-corrected chi connectivity index (χ0v) is 15.3. The van der Waals surface area contributed by atoms with Gasteiger partial charge in [0.05, 0.1) is 17.2 Å². The Bertz CT molecular complexity index is 948. The largest absolute Gasteiger partial charge is 0.346 e. The van der Waals surface area contributed by atoms with Crippen molar-refractivity contribution in [2.45, 2.75) is 45.1 Å². The van der Waals surface area contributed by atoms with Gasteiger partial charge in [-0.15, -0.1) is 0 Å². The van der Waals surface area contributed by atoms with Crippen molar-refractivity contribution in [2.75, 3.05) is 19.6 Å². The Kier molecular flexibility index (Phi) is 4.58. The number of aromatic nitrogens is 4. The SMILES string of the molecule is C[C@@H](CCCCNCC1(CN)CC1)n1c(=O)[nH]c2cnc3[nH]ccc3c21. The summed E-state index contributed by atoms with van der Waals surface area (Å²) in [6, 6.07) is 2.13. The van der Waals surface area contributed by atoms with Crippen LogP contribution in [0.2, 0.25) is 0 Å². The Hall–Kier alpha value is -2.12. The van der Waals surface area contributed by atoms with Gasteiger partial charge in [-0.25, -0.2) is 9.78 Å². The van der Waals surface area contributed by atoms with Gasteiger partial charge < -0.3 is 21.0 Å². The molecule has 1 atom stereocenters. The first-order chi connectivity index (χ1) is 12.6. The zero-order valence-electron chi connectivity index (χ0n) is 15.3. The summed E-state index contributed by atoms with van der Waals surface area (Å²) in [4.78, 5) is 22.9. The fourth-order valence-corrected chi connectivity index (χ4v) is 3.84. The number of hydrogen-bond acceptors (Lipinski definition) is 4. The third-order valence-electron chi connectivity index (χ3n) is 5.82. The van der Waals surface area contributed by atoms with E-state index < -0.39 is 0 Å². The van der Waals surface area contributed by atoms with Crippen LogP contribution in [0.15, 0.2) is 23.3 Å². The molecule has 0 amide bonds. The van der Waals surface area contributed by atoms with Crippen LogP contribution < -0.4 is 16.7 Å². The van der Waals surface area contributed by atoms with Crippen molar-refractivity contribution in [3.05, 3.63) is 28.9 Å². The van der Waals surface area contributed by atoms with Crippen molar-refractivity contribution in [1.82, 2.24) is 24.8 Å². The average Bonchev–Trinajstić information content (AvgIpc) is 3.10. The minimum Gasteiger partial charge on any atom is -0.346 e. The zero-order chi connectivity index (χ0) is 18.1. The second-order valence-electron chi connectivity index (χ2n) is 7.79. The Balaban J connectivity index is 1.37. The van der Waals surface area contributed by atoms with Crippen molar-refractivity contribution in [3.63, 3.8) is 0 Å². The van der Waals surface area contributed by atoms with Crippen LogP contribution in [0.4, 0.5) is 0 Å². The maximum Gasteiger partial charge on any atom is 0.326 e. The van der Waals surface area contributed by atoms with Gasteiger partial charge in [0.25, 0.3) is 0 Å². The number of hydrogen-bond donors (Lipinski definition) is 4. The molecule has 1 saturated carbocycles. The lowest BCUT2D eigenvalue weighted by molar-refractivity contribution is 0.442. The topological polar surface area (TPSA) is 105 Å². The minimum atomic E-state index is -0.0558. The van der Waals surface area contributed by atoms with Crippen molar-refractivity contribution >= 4 is 22.1 Å². The van der Waals surface area contributed by atoms with Gasteiger partial charge in [-0.1, -0.05) is 6.42 Å². The van der Waals surface area contributed by atoms with E-state index in [1.54, 1.807) is 6.20 Å². The number of fused-ring (bicyclic) bond motifs is 3. The molecule has 0 aliphatic heterocycles. The number of nitrogens with zero attached hydrogens (tertiary/aromatic N) is 2. The summed E-state index contributed by atoms with van der Waals surface area (Å²) in [6.45, 7) is 4.97. The number of imidazole rings is 1. The van der Waals surface area contributed by atoms with Crippen LogP contribution in [0, 0.1) is 5.41 Å². The van der Waals surface area contributed by atoms with E-state index in [2.05, 4.69) is 27.2 Å². The second-order valence-corrected chi connectivity index (χ2v) is 7.79. The van der Waals surface area contributed by atoms with E-state index >= 15 is 0 Å². The second kappa shape index (κ2) is 6.89. The number of nitrogens with one attached hydrogen (secondary N) is 3. The molecular formula is C19H28N6O. The van der Waals surface area contributed by atoms with Crippen molar-refractivity contribution in [2.24, 2.45) is 11.1 Å². The maximum atomic E-state index is 12.5. The molecule has 3 aromatic rings. The predicted molar refractivity (Wildman–Crippen MR) is 104 cm³/mol. The highest BCUT2D eigenvalue weighted by atomic mass is 16.1. The Morgan fingerprint density at radius 3 is 3.04 bits per heavy atom. The molecule has 7 heteroatoms. The van der Waals surface area contributed by atoms with Gasteiger partial charge in [0.2, 0.25) is 0 Å². The molecule has 4 rings (SSSR count). The first-order valence-corrected chi connectivity index (χ1v) is 9.61. The summed E-state index contributed by atoms with van der Waals surface area (Å²) in [5.41, 5.74) is 8.71. The molecule has 3 aromatic heterocycles. The lowest BCUT2D eigenvalue weighted by Gasteiger charge is -2.15. The summed E-state index contributed by atoms with van der Waals surface area (Å²) >= 11 is 0. The quantitative estimate of drug-likeness (QED) is 0.441. The number of H-pyrrole nitrogens is 2. The van der Waals surface area contributed by atoms with E-state index in [-0.39, 0.29) is 11.7 Å². The number of pyridine rings is 1. The highest BCUT2D eigenvalue weighted by Crippen LogP contribution is 2.43. The summed E-state index contributed by atoms with van der Waals surface area (Å²) in [5.74, 6) is 0. The molecule has 0 radical (unpaired) electrons. The summed E-state index contributed by atoms with van der Waals surface area (Å²) in [7, 11) is 0. The van der Waals surface area contributed by atoms with E-state index in [9.17, 15) is 4.79 Å². The van der Waals surface area contributed by atoms with Crippen molar-refractivity contribution in [1.29, 1.82) is 0 Å². The van der Waals surface area contributed by atoms with E-state index in [1.165, 1.54) is 12.8 Å². The fraction of sp³-hybridized carbons (Fsp3) is 0.579. The first-order valence-electron chi connectivity index (χ1n) is 9.61. The third-order valence-corrected chi connectivity index (χ3v) is 5.82. The summed E-state index contributed by atoms with van der Waals surface area (Å²) in [6.07, 6.45) is 9.30. The van der Waals surface area contributed by atoms with Gasteiger partial charge in [0.15, 0.2) is 0 Å². The molecule has 0 unspecified atom stereocenters. The Morgan fingerprint density at radius 2 is 2.27 bits per heavy atom. The number of nitrogens with two attached hydrogens (primary N) is 1. The molecule has 5 N–H and O–H groups in total. The fourth-order valence-electron chi connectivity index (χ4n) is 3.84. The lowest BCUT2D eigenvalue weighted by Crippen LogP contribution is -2.30. The summed E-state index contributed by atoms with van der Waals surface area (Å²) in [5, 5.41) is 4.53. The third kappa shape index (κ3) is 3.17. The van der Waals surface area contributed by atoms with E-state index in [0.29, 0.717) is 5.41 Å². The van der Waals surface area contributed by atoms with Crippen molar-refractivity contribution < 1.29 is 0 Å². The van der Waals surface area contributed by atoms with Gasteiger partial charge in [0, 0.05) is 24.2 Å². The molecule has 7 nitrogen and oxygen atoms in total. The molecule has 0 saturated heterocycles. The van der Waals surface area contributed by atoms with E-state index in [4.69, 9.17) is 5.73 Å². The Labute approximate surface area is 152 Å². The Morgan fingerprint density at radius 1 is 1.42 bits per heavy atom. The maximum absolute atomic E-state index is 12.5. The number of unbranched alkanes of at least 4 members (excludes halogenated alkanes) is 1. The lowest BCUT2D eigenvalue weighted by atomic mass is 10.1. The van der Waals surface area contributed by atoms with Crippen LogP contribution in [0.25, 0.3) is 22.1 Å². The molecule has 0 spiro atoms. The summed E-state index contributed by atoms with van der Waals surface area (Å²) < 4.78 is 1.88. The number of rotatable bonds is 9. The molecule has 0 bridgehead atoms. The first kappa shape index (κ1) is 17.3. The van der Waals surface area contributed by atoms with Crippen LogP contribution in [-0.4, -0.2) is 39.2 Å². The van der Waals surface area contributed by atoms with E-state index in [1.807, 2.05) is 16.8 Å². The van der Waals surface area contributed by atoms with Crippen LogP contribution in [0.1, 0.15) is 45.1 Å². The molecule has 1 aliphatic carbocycles. The average molecular weight is 356 g/mol. The normalized spacial score (nSPS) is 17.2. The highest BCUT2D eigenvalue weighted by molar-refractivity contribution is 6.00. The predicted octanol–water partition coefficient (Wildman–Crippen LogP) is 2.27. The van der Waals surface area contributed by atoms with Crippen LogP contribution in [-0.2, 0) is 0 Å². The molecule has 3 heterocycles. The van der Waals surface area contributed by atoms with Crippen LogP contribution >= 0.6 is 0 Å². The van der Waals surface area contributed by atoms with E-state index in [0.717, 1.165) is 61.0 Å². The molecule has 0 aromatic carbocycles. The standard InChI is InChI=1S/C19H28N6O/c1-13(4-2-3-8-21-12-19(11-20)6-7-19)25-16-14-5-9-22-17(14)23-10-15(16)24-18(25)26/h5,9-10,13,21H,2-4,6-8,11-12,20H2,1H3,(H,22,23)(H,24,26)/t13-/m0/s1. The molecule has 1 fully saturated rings. The molecular weight excluding hydrogens is 328 g/mol.